The Morgan fingerprint density at radius 3 is 2.03 bits per heavy atom. The molecule has 0 spiro atoms. The van der Waals surface area contributed by atoms with E-state index in [9.17, 15) is 8.42 Å². The SMILES string of the molecule is Cc1ccc(S(=O)(=O)N2CCN(c3cc(N4CCOCC4)nc(C)n3)CC2)c(C)c1. The number of nitrogens with zero attached hydrogens (tertiary/aromatic N) is 5. The first-order valence-corrected chi connectivity index (χ1v) is 11.8. The van der Waals surface area contributed by atoms with Crippen LogP contribution in [-0.4, -0.2) is 75.2 Å². The lowest BCUT2D eigenvalue weighted by Gasteiger charge is -2.35. The summed E-state index contributed by atoms with van der Waals surface area (Å²) in [5, 5.41) is 0. The van der Waals surface area contributed by atoms with Crippen molar-refractivity contribution >= 4 is 21.7 Å². The Morgan fingerprint density at radius 1 is 0.833 bits per heavy atom. The molecule has 1 aromatic carbocycles. The predicted molar refractivity (Wildman–Crippen MR) is 117 cm³/mol. The fourth-order valence-electron chi connectivity index (χ4n) is 4.04. The Hall–Kier alpha value is -2.23. The number of sulfonamides is 1. The van der Waals surface area contributed by atoms with Crippen molar-refractivity contribution in [3.8, 4) is 0 Å². The van der Waals surface area contributed by atoms with E-state index in [0.717, 1.165) is 41.7 Å². The quantitative estimate of drug-likeness (QED) is 0.730. The van der Waals surface area contributed by atoms with Gasteiger partial charge in [-0.3, -0.25) is 0 Å². The summed E-state index contributed by atoms with van der Waals surface area (Å²) >= 11 is 0. The smallest absolute Gasteiger partial charge is 0.243 e. The highest BCUT2D eigenvalue weighted by molar-refractivity contribution is 7.89. The van der Waals surface area contributed by atoms with Gasteiger partial charge in [-0.25, -0.2) is 18.4 Å². The summed E-state index contributed by atoms with van der Waals surface area (Å²) in [6.45, 7) is 10.8. The van der Waals surface area contributed by atoms with Crippen LogP contribution < -0.4 is 9.80 Å². The molecule has 2 fully saturated rings. The minimum atomic E-state index is -3.50. The molecule has 0 unspecified atom stereocenters. The lowest BCUT2D eigenvalue weighted by molar-refractivity contribution is 0.122. The van der Waals surface area contributed by atoms with Gasteiger partial charge in [-0.2, -0.15) is 4.31 Å². The lowest BCUT2D eigenvalue weighted by Crippen LogP contribution is -2.49. The van der Waals surface area contributed by atoms with Crippen LogP contribution in [0.25, 0.3) is 0 Å². The van der Waals surface area contributed by atoms with Crippen molar-refractivity contribution in [3.63, 3.8) is 0 Å². The van der Waals surface area contributed by atoms with Gasteiger partial charge in [0.1, 0.15) is 17.5 Å². The first-order chi connectivity index (χ1) is 14.3. The van der Waals surface area contributed by atoms with Crippen molar-refractivity contribution in [2.24, 2.45) is 0 Å². The van der Waals surface area contributed by atoms with Crippen molar-refractivity contribution in [2.45, 2.75) is 25.7 Å². The van der Waals surface area contributed by atoms with Gasteiger partial charge in [-0.15, -0.1) is 0 Å². The van der Waals surface area contributed by atoms with Crippen LogP contribution in [0.4, 0.5) is 11.6 Å². The Morgan fingerprint density at radius 2 is 1.43 bits per heavy atom. The number of aryl methyl sites for hydroxylation is 3. The van der Waals surface area contributed by atoms with Gasteiger partial charge in [-0.05, 0) is 32.4 Å². The number of aromatic nitrogens is 2. The normalized spacial score (nSPS) is 18.6. The molecular weight excluding hydrogens is 402 g/mol. The van der Waals surface area contributed by atoms with Crippen molar-refractivity contribution in [3.05, 3.63) is 41.2 Å². The molecule has 0 amide bonds. The molecule has 162 valence electrons. The fourth-order valence-corrected chi connectivity index (χ4v) is 5.67. The van der Waals surface area contributed by atoms with E-state index in [1.165, 1.54) is 0 Å². The van der Waals surface area contributed by atoms with Gasteiger partial charge in [0, 0.05) is 45.3 Å². The van der Waals surface area contributed by atoms with E-state index < -0.39 is 10.0 Å². The minimum Gasteiger partial charge on any atom is -0.378 e. The first kappa shape index (κ1) is 21.0. The molecule has 3 heterocycles. The number of ether oxygens (including phenoxy) is 1. The van der Waals surface area contributed by atoms with E-state index in [1.54, 1.807) is 10.4 Å². The molecule has 0 saturated carbocycles. The molecule has 0 bridgehead atoms. The van der Waals surface area contributed by atoms with Crippen LogP contribution in [0.5, 0.6) is 0 Å². The van der Waals surface area contributed by atoms with Crippen LogP contribution in [-0.2, 0) is 14.8 Å². The molecule has 30 heavy (non-hydrogen) atoms. The largest absolute Gasteiger partial charge is 0.378 e. The number of hydrogen-bond donors (Lipinski definition) is 0. The van der Waals surface area contributed by atoms with Gasteiger partial charge in [0.2, 0.25) is 10.0 Å². The second-order valence-electron chi connectivity index (χ2n) is 7.89. The molecular formula is C21H29N5O3S. The third kappa shape index (κ3) is 4.28. The summed E-state index contributed by atoms with van der Waals surface area (Å²) in [6, 6.07) is 7.49. The van der Waals surface area contributed by atoms with Gasteiger partial charge in [0.05, 0.1) is 18.1 Å². The standard InChI is InChI=1S/C21H29N5O3S/c1-16-4-5-19(17(2)14-16)30(27,28)26-8-6-24(7-9-26)20-15-21(23-18(3)22-20)25-10-12-29-13-11-25/h4-5,14-15H,6-13H2,1-3H3. The Balaban J connectivity index is 1.48. The van der Waals surface area contributed by atoms with Gasteiger partial charge in [-0.1, -0.05) is 17.7 Å². The molecule has 0 atom stereocenters. The Kier molecular flexibility index (Phi) is 5.95. The highest BCUT2D eigenvalue weighted by atomic mass is 32.2. The van der Waals surface area contributed by atoms with E-state index in [4.69, 9.17) is 4.74 Å². The number of rotatable bonds is 4. The number of hydrogen-bond acceptors (Lipinski definition) is 7. The van der Waals surface area contributed by atoms with Crippen molar-refractivity contribution in [2.75, 3.05) is 62.3 Å². The van der Waals surface area contributed by atoms with Gasteiger partial charge in [0.25, 0.3) is 0 Å². The van der Waals surface area contributed by atoms with Crippen molar-refractivity contribution < 1.29 is 13.2 Å². The number of anilines is 2. The first-order valence-electron chi connectivity index (χ1n) is 10.4. The summed E-state index contributed by atoms with van der Waals surface area (Å²) in [5.41, 5.74) is 1.85. The summed E-state index contributed by atoms with van der Waals surface area (Å²) in [7, 11) is -3.50. The van der Waals surface area contributed by atoms with E-state index in [2.05, 4.69) is 19.8 Å². The Bertz CT molecular complexity index is 1010. The molecule has 0 radical (unpaired) electrons. The van der Waals surface area contributed by atoms with E-state index in [1.807, 2.05) is 39.0 Å². The van der Waals surface area contributed by atoms with Crippen molar-refractivity contribution in [1.29, 1.82) is 0 Å². The lowest BCUT2D eigenvalue weighted by atomic mass is 10.2. The van der Waals surface area contributed by atoms with Crippen molar-refractivity contribution in [1.82, 2.24) is 14.3 Å². The molecule has 2 aliphatic heterocycles. The molecule has 8 nitrogen and oxygen atoms in total. The topological polar surface area (TPSA) is 78.9 Å². The molecule has 9 heteroatoms. The number of piperazine rings is 1. The summed E-state index contributed by atoms with van der Waals surface area (Å²) in [5.74, 6) is 2.48. The molecule has 4 rings (SSSR count). The second-order valence-corrected chi connectivity index (χ2v) is 9.80. The molecule has 2 saturated heterocycles. The predicted octanol–water partition coefficient (Wildman–Crippen LogP) is 1.75. The second kappa shape index (κ2) is 8.49. The number of morpholine rings is 1. The molecule has 0 aliphatic carbocycles. The minimum absolute atomic E-state index is 0.397. The molecule has 2 aromatic rings. The summed E-state index contributed by atoms with van der Waals surface area (Å²) in [6.07, 6.45) is 0. The summed E-state index contributed by atoms with van der Waals surface area (Å²) < 4.78 is 33.3. The third-order valence-electron chi connectivity index (χ3n) is 5.66. The highest BCUT2D eigenvalue weighted by Gasteiger charge is 2.30. The van der Waals surface area contributed by atoms with E-state index in [0.29, 0.717) is 44.3 Å². The maximum atomic E-state index is 13.1. The van der Waals surface area contributed by atoms with Crippen LogP contribution in [0, 0.1) is 20.8 Å². The molecule has 0 N–H and O–H groups in total. The molecule has 2 aliphatic rings. The fraction of sp³-hybridized carbons (Fsp3) is 0.524. The monoisotopic (exact) mass is 431 g/mol. The third-order valence-corrected chi connectivity index (χ3v) is 7.72. The highest BCUT2D eigenvalue weighted by Crippen LogP contribution is 2.25. The van der Waals surface area contributed by atoms with E-state index in [-0.39, 0.29) is 0 Å². The summed E-state index contributed by atoms with van der Waals surface area (Å²) in [4.78, 5) is 14.0. The zero-order valence-corrected chi connectivity index (χ0v) is 18.7. The van der Waals surface area contributed by atoms with Crippen LogP contribution >= 0.6 is 0 Å². The zero-order valence-electron chi connectivity index (χ0n) is 17.8. The van der Waals surface area contributed by atoms with Crippen LogP contribution in [0.2, 0.25) is 0 Å². The zero-order chi connectivity index (χ0) is 21.3. The van der Waals surface area contributed by atoms with E-state index >= 15 is 0 Å². The Labute approximate surface area is 178 Å². The van der Waals surface area contributed by atoms with Gasteiger partial charge in [0.15, 0.2) is 0 Å². The average Bonchev–Trinajstić information content (AvgIpc) is 2.74. The maximum Gasteiger partial charge on any atom is 0.243 e. The average molecular weight is 432 g/mol. The van der Waals surface area contributed by atoms with Gasteiger partial charge >= 0.3 is 0 Å². The van der Waals surface area contributed by atoms with Crippen LogP contribution in [0.3, 0.4) is 0 Å². The van der Waals surface area contributed by atoms with Crippen LogP contribution in [0.15, 0.2) is 29.2 Å². The van der Waals surface area contributed by atoms with Gasteiger partial charge < -0.3 is 14.5 Å². The maximum absolute atomic E-state index is 13.1. The number of benzene rings is 1. The molecule has 1 aromatic heterocycles. The van der Waals surface area contributed by atoms with Crippen LogP contribution in [0.1, 0.15) is 17.0 Å².